The van der Waals surface area contributed by atoms with E-state index in [0.717, 1.165) is 0 Å². The fraction of sp³-hybridized carbons (Fsp3) is 0.909. The van der Waals surface area contributed by atoms with Gasteiger partial charge in [-0.1, -0.05) is 0 Å². The lowest BCUT2D eigenvalue weighted by atomic mass is 10.1. The number of rotatable bonds is 1. The Morgan fingerprint density at radius 2 is 2.06 bits per heavy atom. The van der Waals surface area contributed by atoms with E-state index in [4.69, 9.17) is 10.3 Å². The van der Waals surface area contributed by atoms with E-state index >= 15 is 0 Å². The molecular weight excluding hydrogens is 236 g/mol. The smallest absolute Gasteiger partial charge is 0.410 e. The van der Waals surface area contributed by atoms with Crippen molar-refractivity contribution in [1.29, 1.82) is 5.53 Å². The molecule has 102 valence electrons. The van der Waals surface area contributed by atoms with Gasteiger partial charge in [-0.3, -0.25) is 0 Å². The molecule has 0 bridgehead atoms. The summed E-state index contributed by atoms with van der Waals surface area (Å²) in [6.07, 6.45) is -0.129. The highest BCUT2D eigenvalue weighted by atomic mass is 16.6. The van der Waals surface area contributed by atoms with Gasteiger partial charge in [-0.2, -0.15) is 0 Å². The molecule has 2 N–H and O–H groups in total. The van der Waals surface area contributed by atoms with Crippen molar-refractivity contribution in [3.05, 3.63) is 0 Å². The first-order valence-corrected chi connectivity index (χ1v) is 6.06. The quantitative estimate of drug-likeness (QED) is 0.547. The molecule has 1 rings (SSSR count). The molecule has 0 aromatic heterocycles. The van der Waals surface area contributed by atoms with Crippen LogP contribution in [-0.2, 0) is 4.74 Å². The highest BCUT2D eigenvalue weighted by Gasteiger charge is 2.31. The maximum atomic E-state index is 11.9. The molecule has 1 amide bonds. The molecule has 7 nitrogen and oxygen atoms in total. The summed E-state index contributed by atoms with van der Waals surface area (Å²) in [6, 6.07) is -0.407. The average Bonchev–Trinajstić information content (AvgIpc) is 2.40. The third-order valence-electron chi connectivity index (χ3n) is 2.69. The van der Waals surface area contributed by atoms with Gasteiger partial charge in [0.2, 0.25) is 4.91 Å². The minimum Gasteiger partial charge on any atom is -0.444 e. The Kier molecular flexibility index (Phi) is 4.81. The number of hydrogen-bond donors (Lipinski definition) is 2. The number of likely N-dealkylation sites (tertiary alicyclic amines) is 1. The van der Waals surface area contributed by atoms with Crippen LogP contribution in [0.15, 0.2) is 5.11 Å². The van der Waals surface area contributed by atoms with E-state index in [9.17, 15) is 9.90 Å². The van der Waals surface area contributed by atoms with Crippen molar-refractivity contribution >= 4 is 6.09 Å². The molecule has 18 heavy (non-hydrogen) atoms. The van der Waals surface area contributed by atoms with Crippen LogP contribution in [0.2, 0.25) is 0 Å². The first kappa shape index (κ1) is 14.6. The Balaban J connectivity index is 2.61. The molecular formula is C11H21N4O3+. The summed E-state index contributed by atoms with van der Waals surface area (Å²) in [5, 5.41) is 13.5. The van der Waals surface area contributed by atoms with Crippen LogP contribution in [0.25, 0.3) is 0 Å². The van der Waals surface area contributed by atoms with Crippen LogP contribution in [0, 0.1) is 5.53 Å². The fourth-order valence-corrected chi connectivity index (χ4v) is 1.79. The first-order chi connectivity index (χ1) is 8.33. The molecule has 1 aliphatic heterocycles. The topological polar surface area (TPSA) is 100 Å². The van der Waals surface area contributed by atoms with E-state index in [2.05, 4.69) is 10.0 Å². The molecule has 0 aromatic carbocycles. The summed E-state index contributed by atoms with van der Waals surface area (Å²) in [4.78, 5) is 16.4. The number of nitrogens with one attached hydrogen (secondary N) is 1. The maximum absolute atomic E-state index is 11.9. The number of ether oxygens (including phenoxy) is 1. The van der Waals surface area contributed by atoms with E-state index < -0.39 is 17.7 Å². The summed E-state index contributed by atoms with van der Waals surface area (Å²) in [5.41, 5.74) is 6.17. The predicted molar refractivity (Wildman–Crippen MR) is 64.1 cm³/mol. The number of nitrogens with zero attached hydrogens (tertiary/aromatic N) is 3. The summed E-state index contributed by atoms with van der Waals surface area (Å²) >= 11 is 0. The van der Waals surface area contributed by atoms with Gasteiger partial charge in [-0.05, 0) is 33.6 Å². The first-order valence-electron chi connectivity index (χ1n) is 6.06. The average molecular weight is 257 g/mol. The van der Waals surface area contributed by atoms with E-state index in [1.165, 1.54) is 0 Å². The van der Waals surface area contributed by atoms with Gasteiger partial charge in [0.15, 0.2) is 6.04 Å². The minimum atomic E-state index is -0.661. The summed E-state index contributed by atoms with van der Waals surface area (Å²) in [5.74, 6) is 0. The fourth-order valence-electron chi connectivity index (χ4n) is 1.79. The molecule has 0 aliphatic carbocycles. The van der Waals surface area contributed by atoms with Crippen LogP contribution >= 0.6 is 0 Å². The van der Waals surface area contributed by atoms with Crippen LogP contribution in [0.3, 0.4) is 0 Å². The second-order valence-electron chi connectivity index (χ2n) is 5.39. The van der Waals surface area contributed by atoms with Crippen molar-refractivity contribution < 1.29 is 14.6 Å². The second kappa shape index (κ2) is 5.93. The highest BCUT2D eigenvalue weighted by molar-refractivity contribution is 5.68. The monoisotopic (exact) mass is 257 g/mol. The number of hydrogen-bond acceptors (Lipinski definition) is 5. The van der Waals surface area contributed by atoms with Gasteiger partial charge in [0.25, 0.3) is 0 Å². The maximum Gasteiger partial charge on any atom is 0.410 e. The number of carbonyl (C=O) groups is 1. The summed E-state index contributed by atoms with van der Waals surface area (Å²) in [6.45, 7) is 6.33. The van der Waals surface area contributed by atoms with Crippen LogP contribution in [0.1, 0.15) is 33.6 Å². The van der Waals surface area contributed by atoms with Gasteiger partial charge >= 0.3 is 6.09 Å². The van der Waals surface area contributed by atoms with Gasteiger partial charge < -0.3 is 14.7 Å². The van der Waals surface area contributed by atoms with Crippen molar-refractivity contribution in [1.82, 2.24) is 9.81 Å². The SMILES string of the molecule is CC(C)(C)OC(=O)N1CCC(O)C(N=[N+]=N)CC1. The molecule has 0 radical (unpaired) electrons. The lowest BCUT2D eigenvalue weighted by molar-refractivity contribution is 0.0251. The zero-order valence-corrected chi connectivity index (χ0v) is 11.1. The van der Waals surface area contributed by atoms with Crippen molar-refractivity contribution in [3.63, 3.8) is 0 Å². The standard InChI is InChI=1S/C11H21N4O3/c1-11(2,3)18-10(17)15-6-4-8(13-14-12)9(16)5-7-15/h8-9,12,16H,4-7H2,1-3H3/q+1. The Labute approximate surface area is 106 Å². The van der Waals surface area contributed by atoms with Gasteiger partial charge in [-0.15, -0.1) is 0 Å². The van der Waals surface area contributed by atoms with Crippen molar-refractivity contribution in [2.75, 3.05) is 13.1 Å². The summed E-state index contributed by atoms with van der Waals surface area (Å²) in [7, 11) is 0. The van der Waals surface area contributed by atoms with E-state index in [1.54, 1.807) is 4.90 Å². The lowest BCUT2D eigenvalue weighted by Crippen LogP contribution is -2.37. The lowest BCUT2D eigenvalue weighted by Gasteiger charge is -2.26. The number of aliphatic hydroxyl groups is 1. The number of amides is 1. The van der Waals surface area contributed by atoms with Gasteiger partial charge in [-0.25, -0.2) is 4.79 Å². The minimum absolute atomic E-state index is 0.377. The van der Waals surface area contributed by atoms with Crippen molar-refractivity contribution in [3.8, 4) is 0 Å². The van der Waals surface area contributed by atoms with Crippen LogP contribution in [0.4, 0.5) is 4.79 Å². The Morgan fingerprint density at radius 3 is 2.61 bits per heavy atom. The molecule has 1 fully saturated rings. The Hall–Kier alpha value is -1.46. The van der Waals surface area contributed by atoms with Gasteiger partial charge in [0.1, 0.15) is 16.2 Å². The molecule has 1 saturated heterocycles. The van der Waals surface area contributed by atoms with Crippen LogP contribution < -0.4 is 4.91 Å². The molecule has 1 heterocycles. The normalized spacial score (nSPS) is 25.0. The number of carbonyl (C=O) groups excluding carboxylic acids is 1. The van der Waals surface area contributed by atoms with Crippen molar-refractivity contribution in [2.24, 2.45) is 5.11 Å². The number of aliphatic hydroxyl groups excluding tert-OH is 1. The van der Waals surface area contributed by atoms with Crippen LogP contribution in [-0.4, -0.2) is 46.9 Å². The summed E-state index contributed by atoms with van der Waals surface area (Å²) < 4.78 is 5.28. The zero-order chi connectivity index (χ0) is 13.8. The molecule has 2 unspecified atom stereocenters. The molecule has 2 atom stereocenters. The van der Waals surface area contributed by atoms with E-state index in [-0.39, 0.29) is 6.09 Å². The molecule has 7 heteroatoms. The molecule has 0 aromatic rings. The predicted octanol–water partition coefficient (Wildman–Crippen LogP) is 1.30. The van der Waals surface area contributed by atoms with Gasteiger partial charge in [0, 0.05) is 13.1 Å². The second-order valence-corrected chi connectivity index (χ2v) is 5.39. The highest BCUT2D eigenvalue weighted by Crippen LogP contribution is 2.17. The van der Waals surface area contributed by atoms with E-state index in [0.29, 0.717) is 25.9 Å². The molecule has 0 saturated carbocycles. The molecule has 1 aliphatic rings. The third kappa shape index (κ3) is 4.43. The largest absolute Gasteiger partial charge is 0.444 e. The van der Waals surface area contributed by atoms with E-state index in [1.807, 2.05) is 20.8 Å². The Bertz CT molecular complexity index is 347. The molecule has 0 spiro atoms. The Morgan fingerprint density at radius 1 is 1.44 bits per heavy atom. The van der Waals surface area contributed by atoms with Crippen molar-refractivity contribution in [2.45, 2.75) is 51.4 Å². The zero-order valence-electron chi connectivity index (χ0n) is 11.1. The van der Waals surface area contributed by atoms with Gasteiger partial charge in [0.05, 0.1) is 6.10 Å². The van der Waals surface area contributed by atoms with Crippen LogP contribution in [0.5, 0.6) is 0 Å². The third-order valence-corrected chi connectivity index (χ3v) is 2.69.